The predicted molar refractivity (Wildman–Crippen MR) is 300 cm³/mol. The van der Waals surface area contributed by atoms with Gasteiger partial charge in [-0.25, -0.2) is 4.98 Å². The van der Waals surface area contributed by atoms with E-state index in [4.69, 9.17) is 44.9 Å². The van der Waals surface area contributed by atoms with Gasteiger partial charge in [0.2, 0.25) is 0 Å². The van der Waals surface area contributed by atoms with Gasteiger partial charge in [0.05, 0.1) is 79.9 Å². The topological polar surface area (TPSA) is 121 Å². The summed E-state index contributed by atoms with van der Waals surface area (Å²) >= 11 is 0. The number of fused-ring (bicyclic) bond motifs is 19. The number of hydrogen-bond acceptors (Lipinski definition) is 9. The molecule has 0 radical (unpaired) electrons. The molecule has 75 heavy (non-hydrogen) atoms. The lowest BCUT2D eigenvalue weighted by molar-refractivity contribution is 0.567. The second-order valence-corrected chi connectivity index (χ2v) is 21.5. The highest BCUT2D eigenvalue weighted by atomic mass is 15.0. The van der Waals surface area contributed by atoms with Crippen molar-refractivity contribution in [1.29, 1.82) is 0 Å². The maximum Gasteiger partial charge on any atom is 0.0973 e. The monoisotopic (exact) mass is 968 g/mol. The highest BCUT2D eigenvalue weighted by Crippen LogP contribution is 2.50. The summed E-state index contributed by atoms with van der Waals surface area (Å²) in [4.78, 5) is 47.0. The molecular formula is C65H48N10. The van der Waals surface area contributed by atoms with Crippen LogP contribution in [0.5, 0.6) is 0 Å². The Morgan fingerprint density at radius 2 is 0.640 bits per heavy atom. The van der Waals surface area contributed by atoms with Crippen molar-refractivity contribution in [2.75, 3.05) is 0 Å². The van der Waals surface area contributed by atoms with Crippen LogP contribution >= 0.6 is 0 Å². The third kappa shape index (κ3) is 6.97. The van der Waals surface area contributed by atoms with E-state index < -0.39 is 0 Å². The molecule has 0 spiro atoms. The van der Waals surface area contributed by atoms with Crippen molar-refractivity contribution in [1.82, 2.24) is 49.4 Å². The van der Waals surface area contributed by atoms with Crippen LogP contribution in [0.25, 0.3) is 140 Å². The quantitative estimate of drug-likeness (QED) is 0.170. The Labute approximate surface area is 434 Å². The van der Waals surface area contributed by atoms with Crippen molar-refractivity contribution in [3.05, 3.63) is 194 Å². The second-order valence-electron chi connectivity index (χ2n) is 21.5. The van der Waals surface area contributed by atoms with Gasteiger partial charge in [-0.2, -0.15) is 0 Å². The Morgan fingerprint density at radius 1 is 0.307 bits per heavy atom. The molecule has 10 heteroatoms. The van der Waals surface area contributed by atoms with E-state index in [1.54, 1.807) is 0 Å². The predicted octanol–water partition coefficient (Wildman–Crippen LogP) is 15.2. The standard InChI is InChI=1S/C65H48N10/c1-64(2,3)50-33-51(65(4,5)6)55(74-54(50)37-30-47-44-20-13-27-68-58(44)56-42(18-11-25-66-56)43-19-12-26-67-57(43)61(47)71-34-37)38-31-48-45-21-14-28-69-59(45)60-46(22-15-29-70-60)49-32-39(36-73-63(49)62(48)72-35-38)75-52-23-9-7-16-40(52)41-17-8-10-24-53(41)75/h7-36H,1-6H3. The normalized spacial score (nSPS) is 12.4. The Morgan fingerprint density at radius 3 is 1.03 bits per heavy atom. The zero-order valence-electron chi connectivity index (χ0n) is 42.3. The number of pyridine rings is 9. The van der Waals surface area contributed by atoms with Gasteiger partial charge >= 0.3 is 0 Å². The summed E-state index contributed by atoms with van der Waals surface area (Å²) in [6, 6.07) is 46.5. The first-order valence-electron chi connectivity index (χ1n) is 25.3. The van der Waals surface area contributed by atoms with E-state index in [9.17, 15) is 0 Å². The summed E-state index contributed by atoms with van der Waals surface area (Å²) in [5.74, 6) is 0. The average Bonchev–Trinajstić information content (AvgIpc) is 3.78. The van der Waals surface area contributed by atoms with Crippen molar-refractivity contribution in [2.45, 2.75) is 52.4 Å². The molecule has 12 aromatic rings. The Balaban J connectivity index is 0.998. The third-order valence-electron chi connectivity index (χ3n) is 14.8. The van der Waals surface area contributed by atoms with Gasteiger partial charge in [0.1, 0.15) is 0 Å². The molecule has 10 nitrogen and oxygen atoms in total. The maximum absolute atomic E-state index is 5.82. The smallest absolute Gasteiger partial charge is 0.0973 e. The van der Waals surface area contributed by atoms with Gasteiger partial charge in [-0.15, -0.1) is 0 Å². The minimum absolute atomic E-state index is 0.301. The summed E-state index contributed by atoms with van der Waals surface area (Å²) in [6.07, 6.45) is 15.1. The number of para-hydroxylation sites is 2. The fourth-order valence-electron chi connectivity index (χ4n) is 11.3. The summed E-state index contributed by atoms with van der Waals surface area (Å²) in [7, 11) is 0. The van der Waals surface area contributed by atoms with E-state index in [1.807, 2.05) is 79.9 Å². The summed E-state index contributed by atoms with van der Waals surface area (Å²) in [5.41, 5.74) is 21.8. The van der Waals surface area contributed by atoms with Gasteiger partial charge in [-0.3, -0.25) is 39.9 Å². The van der Waals surface area contributed by atoms with Gasteiger partial charge in [-0.1, -0.05) is 114 Å². The van der Waals surface area contributed by atoms with Crippen LogP contribution in [0, 0.1) is 0 Å². The minimum Gasteiger partial charge on any atom is -0.308 e. The lowest BCUT2D eigenvalue weighted by Crippen LogP contribution is -2.20. The van der Waals surface area contributed by atoms with E-state index in [1.165, 1.54) is 10.8 Å². The molecule has 0 saturated heterocycles. The molecule has 10 heterocycles. The maximum atomic E-state index is 5.82. The molecule has 14 rings (SSSR count). The zero-order valence-corrected chi connectivity index (χ0v) is 42.3. The summed E-state index contributed by atoms with van der Waals surface area (Å²) < 4.78 is 2.30. The first kappa shape index (κ1) is 44.3. The SMILES string of the molecule is CC(C)(C)c1cc(C(C)(C)C)c(-c2cnc3c(c2)-c2cccnc2-c2ncccc2-c2cc(-n4c5ccccc5c5ccccc54)cnc2-3)nc1-c1cnc2c(c1)-c1cccnc1-c1ncccc1-c1cccnc1-2. The number of benzene rings is 2. The van der Waals surface area contributed by atoms with E-state index in [0.29, 0.717) is 0 Å². The fourth-order valence-corrected chi connectivity index (χ4v) is 11.3. The molecular weight excluding hydrogens is 921 g/mol. The van der Waals surface area contributed by atoms with Gasteiger partial charge < -0.3 is 4.57 Å². The minimum atomic E-state index is -0.310. The Bertz CT molecular complexity index is 4290. The molecule has 0 atom stereocenters. The van der Waals surface area contributed by atoms with E-state index in [0.717, 1.165) is 140 Å². The van der Waals surface area contributed by atoms with Crippen LogP contribution < -0.4 is 0 Å². The second kappa shape index (κ2) is 16.6. The van der Waals surface area contributed by atoms with Crippen LogP contribution in [0.3, 0.4) is 0 Å². The number of hydrogen-bond donors (Lipinski definition) is 0. The fraction of sp³-hybridized carbons (Fsp3) is 0.123. The molecule has 2 aliphatic carbocycles. The molecule has 0 bridgehead atoms. The van der Waals surface area contributed by atoms with Gasteiger partial charge in [-0.05, 0) is 82.6 Å². The number of rotatable bonds is 3. The third-order valence-corrected chi connectivity index (χ3v) is 14.8. The molecule has 0 N–H and O–H groups in total. The molecule has 10 aromatic heterocycles. The Hall–Kier alpha value is -9.41. The van der Waals surface area contributed by atoms with Gasteiger partial charge in [0, 0.05) is 110 Å². The Kier molecular flexibility index (Phi) is 9.78. The molecule has 2 aliphatic rings. The lowest BCUT2D eigenvalue weighted by atomic mass is 9.77. The van der Waals surface area contributed by atoms with Crippen LogP contribution in [-0.4, -0.2) is 49.4 Å². The summed E-state index contributed by atoms with van der Waals surface area (Å²) in [6.45, 7) is 13.5. The van der Waals surface area contributed by atoms with Crippen molar-refractivity contribution in [3.63, 3.8) is 0 Å². The van der Waals surface area contributed by atoms with Crippen LogP contribution in [-0.2, 0) is 10.8 Å². The van der Waals surface area contributed by atoms with Crippen molar-refractivity contribution >= 4 is 21.8 Å². The highest BCUT2D eigenvalue weighted by Gasteiger charge is 2.33. The van der Waals surface area contributed by atoms with E-state index in [2.05, 4.69) is 149 Å². The van der Waals surface area contributed by atoms with Crippen LogP contribution in [0.15, 0.2) is 183 Å². The molecule has 0 unspecified atom stereocenters. The van der Waals surface area contributed by atoms with Crippen molar-refractivity contribution in [2.24, 2.45) is 0 Å². The van der Waals surface area contributed by atoms with Crippen LogP contribution in [0.2, 0.25) is 0 Å². The zero-order chi connectivity index (χ0) is 50.7. The average molecular weight is 969 g/mol. The van der Waals surface area contributed by atoms with Crippen molar-refractivity contribution in [3.8, 4) is 118 Å². The molecule has 358 valence electrons. The largest absolute Gasteiger partial charge is 0.308 e. The molecule has 0 amide bonds. The van der Waals surface area contributed by atoms with Crippen LogP contribution in [0.4, 0.5) is 0 Å². The van der Waals surface area contributed by atoms with Crippen LogP contribution in [0.1, 0.15) is 52.7 Å². The van der Waals surface area contributed by atoms with Gasteiger partial charge in [0.25, 0.3) is 0 Å². The number of nitrogens with zero attached hydrogens (tertiary/aromatic N) is 10. The first-order chi connectivity index (χ1) is 36.5. The summed E-state index contributed by atoms with van der Waals surface area (Å²) in [5, 5.41) is 2.37. The van der Waals surface area contributed by atoms with E-state index in [-0.39, 0.29) is 10.8 Å². The molecule has 0 fully saturated rings. The molecule has 2 aromatic carbocycles. The van der Waals surface area contributed by atoms with Crippen molar-refractivity contribution < 1.29 is 0 Å². The molecule has 0 saturated carbocycles. The number of aromatic nitrogens is 10. The molecule has 0 aliphatic heterocycles. The first-order valence-corrected chi connectivity index (χ1v) is 25.3. The highest BCUT2D eigenvalue weighted by molar-refractivity contribution is 6.10. The lowest BCUT2D eigenvalue weighted by Gasteiger charge is -2.30. The van der Waals surface area contributed by atoms with E-state index >= 15 is 0 Å². The van der Waals surface area contributed by atoms with Gasteiger partial charge in [0.15, 0.2) is 0 Å².